The number of hydrogen-bond acceptors (Lipinski definition) is 7. The van der Waals surface area contributed by atoms with E-state index >= 15 is 0 Å². The van der Waals surface area contributed by atoms with E-state index in [-0.39, 0.29) is 23.6 Å². The smallest absolute Gasteiger partial charge is 0.407 e. The molecule has 0 unspecified atom stereocenters. The summed E-state index contributed by atoms with van der Waals surface area (Å²) in [6, 6.07) is 3.44. The zero-order valence-corrected chi connectivity index (χ0v) is 17.7. The molecule has 0 saturated carbocycles. The predicted octanol–water partition coefficient (Wildman–Crippen LogP) is 1.66. The molecule has 1 aromatic carbocycles. The molecular formula is C19H26N2O7S. The Morgan fingerprint density at radius 1 is 1.28 bits per heavy atom. The Hall–Kier alpha value is -2.17. The van der Waals surface area contributed by atoms with Gasteiger partial charge in [0, 0.05) is 13.2 Å². The van der Waals surface area contributed by atoms with Crippen LogP contribution in [0, 0.1) is 0 Å². The summed E-state index contributed by atoms with van der Waals surface area (Å²) in [4.78, 5) is 24.1. The summed E-state index contributed by atoms with van der Waals surface area (Å²) < 4.78 is 43.2. The second kappa shape index (κ2) is 7.92. The van der Waals surface area contributed by atoms with Crippen LogP contribution in [0.3, 0.4) is 0 Å². The molecule has 2 aliphatic rings. The second-order valence-electron chi connectivity index (χ2n) is 8.05. The number of nitrogens with zero attached hydrogens (tertiary/aromatic N) is 1. The van der Waals surface area contributed by atoms with Crippen LogP contribution >= 0.6 is 0 Å². The molecule has 1 aromatic rings. The number of carbonyl (C=O) groups is 2. The number of rotatable bonds is 3. The number of carbonyl (C=O) groups excluding carboxylic acids is 2. The van der Waals surface area contributed by atoms with E-state index in [0.717, 1.165) is 0 Å². The molecule has 10 heteroatoms. The van der Waals surface area contributed by atoms with Gasteiger partial charge in [-0.3, -0.25) is 0 Å². The van der Waals surface area contributed by atoms with Crippen LogP contribution in [0.1, 0.15) is 43.1 Å². The number of fused-ring (bicyclic) bond motifs is 1. The highest BCUT2D eigenvalue weighted by atomic mass is 32.2. The molecule has 1 fully saturated rings. The van der Waals surface area contributed by atoms with Crippen molar-refractivity contribution in [3.05, 3.63) is 29.3 Å². The lowest BCUT2D eigenvalue weighted by Crippen LogP contribution is -2.57. The van der Waals surface area contributed by atoms with Crippen LogP contribution in [0.15, 0.2) is 23.1 Å². The Bertz CT molecular complexity index is 908. The zero-order valence-electron chi connectivity index (χ0n) is 16.9. The van der Waals surface area contributed by atoms with Gasteiger partial charge in [-0.2, -0.15) is 4.31 Å². The summed E-state index contributed by atoms with van der Waals surface area (Å²) in [5.41, 5.74) is 0.0876. The number of methoxy groups -OCH3 is 1. The first-order valence-corrected chi connectivity index (χ1v) is 10.8. The minimum absolute atomic E-state index is 0.0713. The molecular weight excluding hydrogens is 400 g/mol. The topological polar surface area (TPSA) is 111 Å². The minimum Gasteiger partial charge on any atom is -0.465 e. The Labute approximate surface area is 170 Å². The lowest BCUT2D eigenvalue weighted by molar-refractivity contribution is 0.0121. The molecule has 2 aliphatic heterocycles. The molecule has 29 heavy (non-hydrogen) atoms. The van der Waals surface area contributed by atoms with Crippen molar-refractivity contribution in [1.82, 2.24) is 9.62 Å². The Morgan fingerprint density at radius 3 is 2.66 bits per heavy atom. The summed E-state index contributed by atoms with van der Waals surface area (Å²) in [5, 5.41) is 2.78. The fraction of sp³-hybridized carbons (Fsp3) is 0.579. The van der Waals surface area contributed by atoms with Gasteiger partial charge < -0.3 is 19.5 Å². The van der Waals surface area contributed by atoms with Gasteiger partial charge in [0.05, 0.1) is 36.3 Å². The van der Waals surface area contributed by atoms with E-state index in [4.69, 9.17) is 9.47 Å². The fourth-order valence-electron chi connectivity index (χ4n) is 3.48. The van der Waals surface area contributed by atoms with E-state index in [1.807, 2.05) is 0 Å². The molecule has 3 rings (SSSR count). The largest absolute Gasteiger partial charge is 0.465 e. The quantitative estimate of drug-likeness (QED) is 0.732. The highest BCUT2D eigenvalue weighted by Gasteiger charge is 2.44. The van der Waals surface area contributed by atoms with E-state index in [2.05, 4.69) is 10.1 Å². The van der Waals surface area contributed by atoms with Gasteiger partial charge in [0.25, 0.3) is 0 Å². The maximum absolute atomic E-state index is 13.2. The van der Waals surface area contributed by atoms with E-state index < -0.39 is 39.8 Å². The van der Waals surface area contributed by atoms with E-state index in [9.17, 15) is 18.0 Å². The summed E-state index contributed by atoms with van der Waals surface area (Å²) in [7, 11) is -2.62. The van der Waals surface area contributed by atoms with Crippen LogP contribution in [0.5, 0.6) is 0 Å². The fourth-order valence-corrected chi connectivity index (χ4v) is 5.34. The van der Waals surface area contributed by atoms with Crippen LogP contribution < -0.4 is 5.32 Å². The molecule has 0 bridgehead atoms. The lowest BCUT2D eigenvalue weighted by Gasteiger charge is -2.37. The molecule has 0 aliphatic carbocycles. The number of esters is 1. The molecule has 160 valence electrons. The lowest BCUT2D eigenvalue weighted by atomic mass is 10.0. The summed E-state index contributed by atoms with van der Waals surface area (Å²) in [6.07, 6.45) is -0.142. The van der Waals surface area contributed by atoms with Crippen molar-refractivity contribution >= 4 is 22.1 Å². The number of hydrogen-bond donors (Lipinski definition) is 1. The van der Waals surface area contributed by atoms with Gasteiger partial charge in [0.15, 0.2) is 0 Å². The third kappa shape index (κ3) is 4.54. The zero-order chi connectivity index (χ0) is 21.4. The van der Waals surface area contributed by atoms with Gasteiger partial charge in [-0.1, -0.05) is 6.07 Å². The van der Waals surface area contributed by atoms with Crippen molar-refractivity contribution in [2.75, 3.05) is 20.3 Å². The van der Waals surface area contributed by atoms with Crippen LogP contribution in [-0.4, -0.2) is 62.8 Å². The molecule has 0 aromatic heterocycles. The van der Waals surface area contributed by atoms with E-state index in [1.165, 1.54) is 23.5 Å². The van der Waals surface area contributed by atoms with Crippen LogP contribution in [0.4, 0.5) is 4.79 Å². The average Bonchev–Trinajstić information content (AvgIpc) is 2.90. The van der Waals surface area contributed by atoms with Gasteiger partial charge in [-0.15, -0.1) is 0 Å². The first kappa shape index (κ1) is 21.5. The Kier molecular flexibility index (Phi) is 5.88. The maximum Gasteiger partial charge on any atom is 0.407 e. The van der Waals surface area contributed by atoms with Gasteiger partial charge in [0.1, 0.15) is 5.60 Å². The number of alkyl carbamates (subject to hydrolysis) is 1. The van der Waals surface area contributed by atoms with E-state index in [0.29, 0.717) is 18.6 Å². The number of sulfonamides is 1. The number of ether oxygens (including phenoxy) is 3. The van der Waals surface area contributed by atoms with Gasteiger partial charge >= 0.3 is 12.1 Å². The Balaban J connectivity index is 1.84. The summed E-state index contributed by atoms with van der Waals surface area (Å²) in [5.74, 6) is -0.605. The SMILES string of the molecule is COC(=O)c1ccc2c(c1)S(=O)(=O)N([C@@H]1COCC[C@H]1NC(=O)OC(C)(C)C)C2. The molecule has 1 N–H and O–H groups in total. The molecule has 0 radical (unpaired) electrons. The van der Waals surface area contributed by atoms with Crippen molar-refractivity contribution < 1.29 is 32.2 Å². The van der Waals surface area contributed by atoms with Gasteiger partial charge in [0.2, 0.25) is 10.0 Å². The Morgan fingerprint density at radius 2 is 2.00 bits per heavy atom. The van der Waals surface area contributed by atoms with Gasteiger partial charge in [-0.25, -0.2) is 18.0 Å². The predicted molar refractivity (Wildman–Crippen MR) is 103 cm³/mol. The molecule has 1 saturated heterocycles. The van der Waals surface area contributed by atoms with Crippen molar-refractivity contribution in [3.63, 3.8) is 0 Å². The van der Waals surface area contributed by atoms with Crippen molar-refractivity contribution in [2.24, 2.45) is 0 Å². The third-order valence-corrected chi connectivity index (χ3v) is 6.75. The average molecular weight is 426 g/mol. The van der Waals surface area contributed by atoms with Crippen molar-refractivity contribution in [3.8, 4) is 0 Å². The van der Waals surface area contributed by atoms with Crippen LogP contribution in [0.2, 0.25) is 0 Å². The standard InChI is InChI=1S/C19H26N2O7S/c1-19(2,3)28-18(23)20-14-7-8-27-11-15(14)21-10-13-6-5-12(17(22)26-4)9-16(13)29(21,24)25/h5-6,9,14-15H,7-8,10-11H2,1-4H3,(H,20,23)/t14-,15-/m1/s1. The molecule has 9 nitrogen and oxygen atoms in total. The highest BCUT2D eigenvalue weighted by Crippen LogP contribution is 2.35. The maximum atomic E-state index is 13.2. The third-order valence-electron chi connectivity index (χ3n) is 4.80. The molecule has 2 atom stereocenters. The van der Waals surface area contributed by atoms with Crippen LogP contribution in [0.25, 0.3) is 0 Å². The monoisotopic (exact) mass is 426 g/mol. The highest BCUT2D eigenvalue weighted by molar-refractivity contribution is 7.89. The normalized spacial score (nSPS) is 23.9. The van der Waals surface area contributed by atoms with Crippen LogP contribution in [-0.2, 0) is 30.8 Å². The molecule has 2 heterocycles. The van der Waals surface area contributed by atoms with Gasteiger partial charge in [-0.05, 0) is 44.9 Å². The summed E-state index contributed by atoms with van der Waals surface area (Å²) >= 11 is 0. The molecule has 1 amide bonds. The second-order valence-corrected chi connectivity index (χ2v) is 9.91. The summed E-state index contributed by atoms with van der Waals surface area (Å²) in [6.45, 7) is 5.97. The number of nitrogens with one attached hydrogen (secondary N) is 1. The van der Waals surface area contributed by atoms with Crippen molar-refractivity contribution in [1.29, 1.82) is 0 Å². The number of benzene rings is 1. The molecule has 0 spiro atoms. The first-order valence-electron chi connectivity index (χ1n) is 9.33. The minimum atomic E-state index is -3.86. The van der Waals surface area contributed by atoms with Crippen molar-refractivity contribution in [2.45, 2.75) is 56.3 Å². The van der Waals surface area contributed by atoms with E-state index in [1.54, 1.807) is 26.8 Å². The first-order chi connectivity index (χ1) is 13.5. The number of amides is 1.